The molecule has 0 aliphatic rings. The predicted molar refractivity (Wildman–Crippen MR) is 51.8 cm³/mol. The molecule has 2 rings (SSSR count). The van der Waals surface area contributed by atoms with Crippen LogP contribution in [0.2, 0.25) is 0 Å². The Kier molecular flexibility index (Phi) is 2.36. The highest BCUT2D eigenvalue weighted by atomic mass is 16.5. The summed E-state index contributed by atoms with van der Waals surface area (Å²) in [5.41, 5.74) is 0.923. The van der Waals surface area contributed by atoms with Crippen molar-refractivity contribution in [3.05, 3.63) is 36.9 Å². The van der Waals surface area contributed by atoms with E-state index in [9.17, 15) is 0 Å². The Balaban J connectivity index is 2.42. The first-order valence-electron chi connectivity index (χ1n) is 4.16. The zero-order chi connectivity index (χ0) is 9.80. The molecule has 0 N–H and O–H groups in total. The second kappa shape index (κ2) is 3.83. The Labute approximate surface area is 81.6 Å². The molecule has 0 aliphatic carbocycles. The van der Waals surface area contributed by atoms with E-state index in [4.69, 9.17) is 4.74 Å². The highest BCUT2D eigenvalue weighted by molar-refractivity contribution is 5.56. The maximum atomic E-state index is 5.11. The van der Waals surface area contributed by atoms with Crippen molar-refractivity contribution in [1.82, 2.24) is 15.0 Å². The van der Waals surface area contributed by atoms with Gasteiger partial charge in [0, 0.05) is 5.56 Å². The van der Waals surface area contributed by atoms with Gasteiger partial charge in [-0.05, 0) is 12.1 Å². The normalized spacial score (nSPS) is 9.79. The molecule has 0 aliphatic heterocycles. The SMILES string of the molecule is COc1cccc(-c2ncncn2)c1. The molecule has 1 aromatic heterocycles. The van der Waals surface area contributed by atoms with E-state index in [1.165, 1.54) is 12.7 Å². The summed E-state index contributed by atoms with van der Waals surface area (Å²) < 4.78 is 5.11. The van der Waals surface area contributed by atoms with E-state index >= 15 is 0 Å². The van der Waals surface area contributed by atoms with E-state index in [0.29, 0.717) is 5.82 Å². The summed E-state index contributed by atoms with van der Waals surface area (Å²) in [6, 6.07) is 7.59. The van der Waals surface area contributed by atoms with Gasteiger partial charge >= 0.3 is 0 Å². The zero-order valence-corrected chi connectivity index (χ0v) is 7.71. The van der Waals surface area contributed by atoms with E-state index in [-0.39, 0.29) is 0 Å². The zero-order valence-electron chi connectivity index (χ0n) is 7.71. The molecule has 0 saturated carbocycles. The van der Waals surface area contributed by atoms with Gasteiger partial charge in [-0.3, -0.25) is 0 Å². The summed E-state index contributed by atoms with van der Waals surface area (Å²) in [6.07, 6.45) is 2.95. The highest BCUT2D eigenvalue weighted by Crippen LogP contribution is 2.19. The number of hydrogen-bond donors (Lipinski definition) is 0. The van der Waals surface area contributed by atoms with Gasteiger partial charge in [0.05, 0.1) is 7.11 Å². The molecule has 0 spiro atoms. The van der Waals surface area contributed by atoms with Gasteiger partial charge in [0.2, 0.25) is 0 Å². The number of aromatic nitrogens is 3. The number of rotatable bonds is 2. The van der Waals surface area contributed by atoms with Gasteiger partial charge in [-0.25, -0.2) is 15.0 Å². The highest BCUT2D eigenvalue weighted by Gasteiger charge is 2.00. The largest absolute Gasteiger partial charge is 0.497 e. The lowest BCUT2D eigenvalue weighted by Gasteiger charge is -2.01. The average Bonchev–Trinajstić information content (AvgIpc) is 2.30. The maximum Gasteiger partial charge on any atom is 0.162 e. The molecule has 0 fully saturated rings. The molecule has 0 amide bonds. The Morgan fingerprint density at radius 2 is 1.93 bits per heavy atom. The smallest absolute Gasteiger partial charge is 0.162 e. The van der Waals surface area contributed by atoms with Crippen LogP contribution in [0.1, 0.15) is 0 Å². The van der Waals surface area contributed by atoms with E-state index in [0.717, 1.165) is 11.3 Å². The van der Waals surface area contributed by atoms with Crippen molar-refractivity contribution < 1.29 is 4.74 Å². The molecule has 4 nitrogen and oxygen atoms in total. The second-order valence-corrected chi connectivity index (χ2v) is 2.69. The van der Waals surface area contributed by atoms with Crippen molar-refractivity contribution in [3.63, 3.8) is 0 Å². The Bertz CT molecular complexity index is 417. The third kappa shape index (κ3) is 1.69. The fourth-order valence-electron chi connectivity index (χ4n) is 1.15. The van der Waals surface area contributed by atoms with Crippen molar-refractivity contribution in [1.29, 1.82) is 0 Å². The summed E-state index contributed by atoms with van der Waals surface area (Å²) in [6.45, 7) is 0. The van der Waals surface area contributed by atoms with Crippen LogP contribution >= 0.6 is 0 Å². The maximum absolute atomic E-state index is 5.11. The second-order valence-electron chi connectivity index (χ2n) is 2.69. The van der Waals surface area contributed by atoms with Crippen molar-refractivity contribution >= 4 is 0 Å². The summed E-state index contributed by atoms with van der Waals surface area (Å²) in [5, 5.41) is 0. The Morgan fingerprint density at radius 1 is 1.14 bits per heavy atom. The first-order valence-corrected chi connectivity index (χ1v) is 4.16. The lowest BCUT2D eigenvalue weighted by atomic mass is 10.2. The summed E-state index contributed by atoms with van der Waals surface area (Å²) in [4.78, 5) is 11.9. The van der Waals surface area contributed by atoms with Crippen LogP contribution in [0, 0.1) is 0 Å². The Morgan fingerprint density at radius 3 is 2.64 bits per heavy atom. The standard InChI is InChI=1S/C10H9N3O/c1-14-9-4-2-3-8(5-9)10-12-6-11-7-13-10/h2-7H,1H3. The number of hydrogen-bond acceptors (Lipinski definition) is 4. The van der Waals surface area contributed by atoms with Crippen molar-refractivity contribution in [2.24, 2.45) is 0 Å². The van der Waals surface area contributed by atoms with Crippen LogP contribution in [-0.2, 0) is 0 Å². The van der Waals surface area contributed by atoms with Gasteiger partial charge in [0.25, 0.3) is 0 Å². The quantitative estimate of drug-likeness (QED) is 0.715. The van der Waals surface area contributed by atoms with Gasteiger partial charge in [0.15, 0.2) is 5.82 Å². The first kappa shape index (κ1) is 8.62. The monoisotopic (exact) mass is 187 g/mol. The lowest BCUT2D eigenvalue weighted by Crippen LogP contribution is -1.89. The molecule has 2 aromatic rings. The first-order chi connectivity index (χ1) is 6.90. The van der Waals surface area contributed by atoms with Gasteiger partial charge in [-0.15, -0.1) is 0 Å². The minimum atomic E-state index is 0.652. The molecule has 14 heavy (non-hydrogen) atoms. The molecule has 0 unspecified atom stereocenters. The van der Waals surface area contributed by atoms with Gasteiger partial charge < -0.3 is 4.74 Å². The van der Waals surface area contributed by atoms with Crippen LogP contribution in [0.25, 0.3) is 11.4 Å². The predicted octanol–water partition coefficient (Wildman–Crippen LogP) is 1.55. The third-order valence-electron chi connectivity index (χ3n) is 1.82. The number of nitrogens with zero attached hydrogens (tertiary/aromatic N) is 3. The van der Waals surface area contributed by atoms with Crippen molar-refractivity contribution in [3.8, 4) is 17.1 Å². The number of methoxy groups -OCH3 is 1. The fourth-order valence-corrected chi connectivity index (χ4v) is 1.15. The minimum Gasteiger partial charge on any atom is -0.497 e. The van der Waals surface area contributed by atoms with E-state index in [2.05, 4.69) is 15.0 Å². The van der Waals surface area contributed by atoms with Gasteiger partial charge in [-0.2, -0.15) is 0 Å². The van der Waals surface area contributed by atoms with Crippen LogP contribution in [-0.4, -0.2) is 22.1 Å². The molecule has 0 bridgehead atoms. The topological polar surface area (TPSA) is 47.9 Å². The number of ether oxygens (including phenoxy) is 1. The minimum absolute atomic E-state index is 0.652. The molecule has 0 atom stereocenters. The summed E-state index contributed by atoms with van der Waals surface area (Å²) >= 11 is 0. The molecule has 0 radical (unpaired) electrons. The lowest BCUT2D eigenvalue weighted by molar-refractivity contribution is 0.415. The van der Waals surface area contributed by atoms with Crippen molar-refractivity contribution in [2.75, 3.05) is 7.11 Å². The van der Waals surface area contributed by atoms with Crippen LogP contribution in [0.15, 0.2) is 36.9 Å². The molecule has 4 heteroatoms. The average molecular weight is 187 g/mol. The van der Waals surface area contributed by atoms with E-state index in [1.807, 2.05) is 24.3 Å². The van der Waals surface area contributed by atoms with Gasteiger partial charge in [-0.1, -0.05) is 12.1 Å². The van der Waals surface area contributed by atoms with Crippen LogP contribution in [0.3, 0.4) is 0 Å². The van der Waals surface area contributed by atoms with E-state index in [1.54, 1.807) is 7.11 Å². The number of benzene rings is 1. The van der Waals surface area contributed by atoms with Crippen LogP contribution < -0.4 is 4.74 Å². The van der Waals surface area contributed by atoms with Gasteiger partial charge in [0.1, 0.15) is 18.4 Å². The summed E-state index contributed by atoms with van der Waals surface area (Å²) in [7, 11) is 1.63. The Hall–Kier alpha value is -1.97. The van der Waals surface area contributed by atoms with Crippen molar-refractivity contribution in [2.45, 2.75) is 0 Å². The fraction of sp³-hybridized carbons (Fsp3) is 0.100. The van der Waals surface area contributed by atoms with Crippen LogP contribution in [0.4, 0.5) is 0 Å². The summed E-state index contributed by atoms with van der Waals surface area (Å²) in [5.74, 6) is 1.45. The third-order valence-corrected chi connectivity index (χ3v) is 1.82. The molecule has 1 aromatic carbocycles. The molecular weight excluding hydrogens is 178 g/mol. The molecule has 70 valence electrons. The molecular formula is C10H9N3O. The van der Waals surface area contributed by atoms with Crippen LogP contribution in [0.5, 0.6) is 5.75 Å². The molecule has 0 saturated heterocycles. The van der Waals surface area contributed by atoms with E-state index < -0.39 is 0 Å². The molecule has 1 heterocycles.